The quantitative estimate of drug-likeness (QED) is 0.122. The SMILES string of the molecule is COc1ccc(N(c2ccc3c(c2)C(c2ccccc2)(c2ccccc2)c2cc(N(c4ccc(OC)cc4C)c4ccc(OC)cc4C)ccc2-3)c2ccc(OC)cc2C)c(C)c1. The van der Waals surface area contributed by atoms with E-state index in [9.17, 15) is 0 Å². The minimum atomic E-state index is -0.690. The average Bonchev–Trinajstić information content (AvgIpc) is 3.61. The van der Waals surface area contributed by atoms with E-state index in [4.69, 9.17) is 18.9 Å². The Bertz CT molecular complexity index is 2650. The second-order valence-electron chi connectivity index (χ2n) is 16.2. The van der Waals surface area contributed by atoms with Crippen molar-refractivity contribution >= 4 is 34.1 Å². The van der Waals surface area contributed by atoms with E-state index in [-0.39, 0.29) is 0 Å². The Morgan fingerprint density at radius 3 is 0.905 bits per heavy atom. The molecule has 6 heteroatoms. The zero-order valence-electron chi connectivity index (χ0n) is 37.2. The molecule has 9 rings (SSSR count). The molecule has 0 fully saturated rings. The van der Waals surface area contributed by atoms with Gasteiger partial charge in [0.1, 0.15) is 23.0 Å². The standard InChI is InChI=1S/C57H52N2O4/c1-37-31-45(60-5)21-27-53(37)58(54-28-22-46(61-6)32-38(54)2)43-19-25-49-50-26-20-44(59(55-29-23-47(62-7)33-39(55)3)56-30-24-48(63-8)34-40(56)4)36-52(50)57(51(49)35-43,41-15-11-9-12-16-41)42-17-13-10-14-18-42/h9-36H,1-8H3. The molecule has 0 unspecified atom stereocenters. The zero-order chi connectivity index (χ0) is 43.8. The van der Waals surface area contributed by atoms with Crippen LogP contribution in [0.15, 0.2) is 170 Å². The van der Waals surface area contributed by atoms with Crippen LogP contribution in [0.25, 0.3) is 11.1 Å². The minimum absolute atomic E-state index is 0.690. The largest absolute Gasteiger partial charge is 0.497 e. The molecule has 314 valence electrons. The van der Waals surface area contributed by atoms with Gasteiger partial charge in [-0.05, 0) is 180 Å². The molecule has 0 saturated carbocycles. The molecule has 63 heavy (non-hydrogen) atoms. The highest BCUT2D eigenvalue weighted by Gasteiger charge is 2.47. The summed E-state index contributed by atoms with van der Waals surface area (Å²) in [5.74, 6) is 3.27. The molecular formula is C57H52N2O4. The van der Waals surface area contributed by atoms with Crippen molar-refractivity contribution in [2.24, 2.45) is 0 Å². The van der Waals surface area contributed by atoms with Gasteiger partial charge < -0.3 is 28.7 Å². The number of hydrogen-bond donors (Lipinski definition) is 0. The molecule has 1 aliphatic rings. The molecule has 0 amide bonds. The van der Waals surface area contributed by atoms with Gasteiger partial charge in [-0.2, -0.15) is 0 Å². The normalized spacial score (nSPS) is 12.3. The second-order valence-corrected chi connectivity index (χ2v) is 16.2. The van der Waals surface area contributed by atoms with Gasteiger partial charge in [-0.3, -0.25) is 0 Å². The summed E-state index contributed by atoms with van der Waals surface area (Å²) in [6.07, 6.45) is 0. The van der Waals surface area contributed by atoms with Crippen molar-refractivity contribution in [2.45, 2.75) is 33.1 Å². The number of rotatable bonds is 12. The molecule has 8 aromatic carbocycles. The van der Waals surface area contributed by atoms with Crippen LogP contribution in [0.3, 0.4) is 0 Å². The first-order valence-electron chi connectivity index (χ1n) is 21.3. The van der Waals surface area contributed by atoms with Gasteiger partial charge in [0.2, 0.25) is 0 Å². The Morgan fingerprint density at radius 1 is 0.333 bits per heavy atom. The summed E-state index contributed by atoms with van der Waals surface area (Å²) in [6.45, 7) is 8.59. The van der Waals surface area contributed by atoms with Crippen LogP contribution in [0.4, 0.5) is 34.1 Å². The van der Waals surface area contributed by atoms with Crippen LogP contribution >= 0.6 is 0 Å². The van der Waals surface area contributed by atoms with Gasteiger partial charge in [-0.15, -0.1) is 0 Å². The highest BCUT2D eigenvalue weighted by Crippen LogP contribution is 2.59. The maximum Gasteiger partial charge on any atom is 0.119 e. The van der Waals surface area contributed by atoms with Crippen LogP contribution in [0.2, 0.25) is 0 Å². The maximum atomic E-state index is 5.68. The Morgan fingerprint density at radius 2 is 0.635 bits per heavy atom. The fraction of sp³-hybridized carbons (Fsp3) is 0.158. The predicted molar refractivity (Wildman–Crippen MR) is 258 cm³/mol. The van der Waals surface area contributed by atoms with Crippen molar-refractivity contribution in [1.82, 2.24) is 0 Å². The van der Waals surface area contributed by atoms with E-state index in [1.807, 2.05) is 24.3 Å². The summed E-state index contributed by atoms with van der Waals surface area (Å²) in [6, 6.07) is 61.2. The lowest BCUT2D eigenvalue weighted by Crippen LogP contribution is -2.29. The molecule has 0 spiro atoms. The third-order valence-corrected chi connectivity index (χ3v) is 12.6. The van der Waals surface area contributed by atoms with Gasteiger partial charge in [-0.1, -0.05) is 72.8 Å². The maximum absolute atomic E-state index is 5.68. The van der Waals surface area contributed by atoms with Crippen molar-refractivity contribution < 1.29 is 18.9 Å². The molecule has 1 aliphatic carbocycles. The van der Waals surface area contributed by atoms with Gasteiger partial charge in [0, 0.05) is 34.1 Å². The van der Waals surface area contributed by atoms with E-state index in [2.05, 4.69) is 183 Å². The first-order valence-corrected chi connectivity index (χ1v) is 21.3. The molecule has 0 aliphatic heterocycles. The molecule has 0 saturated heterocycles. The number of benzene rings is 8. The topological polar surface area (TPSA) is 43.4 Å². The number of nitrogens with zero attached hydrogens (tertiary/aromatic N) is 2. The summed E-state index contributed by atoms with van der Waals surface area (Å²) in [5, 5.41) is 0. The lowest BCUT2D eigenvalue weighted by atomic mass is 9.67. The van der Waals surface area contributed by atoms with Crippen molar-refractivity contribution in [2.75, 3.05) is 38.2 Å². The van der Waals surface area contributed by atoms with Crippen molar-refractivity contribution in [3.05, 3.63) is 214 Å². The van der Waals surface area contributed by atoms with E-state index in [1.165, 1.54) is 33.4 Å². The highest BCUT2D eigenvalue weighted by molar-refractivity contribution is 5.93. The van der Waals surface area contributed by atoms with Crippen LogP contribution in [0, 0.1) is 27.7 Å². The van der Waals surface area contributed by atoms with Crippen LogP contribution in [0.1, 0.15) is 44.5 Å². The summed E-state index contributed by atoms with van der Waals surface area (Å²) >= 11 is 0. The first kappa shape index (κ1) is 40.9. The van der Waals surface area contributed by atoms with Crippen molar-refractivity contribution in [3.63, 3.8) is 0 Å². The third-order valence-electron chi connectivity index (χ3n) is 12.6. The lowest BCUT2D eigenvalue weighted by molar-refractivity contribution is 0.414. The van der Waals surface area contributed by atoms with E-state index >= 15 is 0 Å². The number of aryl methyl sites for hydroxylation is 4. The van der Waals surface area contributed by atoms with Gasteiger partial charge in [-0.25, -0.2) is 0 Å². The number of fused-ring (bicyclic) bond motifs is 3. The second kappa shape index (κ2) is 16.8. The van der Waals surface area contributed by atoms with Gasteiger partial charge in [0.15, 0.2) is 0 Å². The number of methoxy groups -OCH3 is 4. The van der Waals surface area contributed by atoms with E-state index < -0.39 is 5.41 Å². The lowest BCUT2D eigenvalue weighted by Gasteiger charge is -2.36. The predicted octanol–water partition coefficient (Wildman–Crippen LogP) is 14.3. The van der Waals surface area contributed by atoms with Crippen LogP contribution < -0.4 is 28.7 Å². The first-order chi connectivity index (χ1) is 30.7. The van der Waals surface area contributed by atoms with Crippen molar-refractivity contribution in [3.8, 4) is 34.1 Å². The van der Waals surface area contributed by atoms with E-state index in [0.29, 0.717) is 0 Å². The van der Waals surface area contributed by atoms with Gasteiger partial charge in [0.25, 0.3) is 0 Å². The Hall–Kier alpha value is -7.44. The number of ether oxygens (including phenoxy) is 4. The fourth-order valence-corrected chi connectivity index (χ4v) is 9.58. The Labute approximate surface area is 371 Å². The Kier molecular flexibility index (Phi) is 10.9. The molecule has 0 radical (unpaired) electrons. The highest BCUT2D eigenvalue weighted by atomic mass is 16.5. The fourth-order valence-electron chi connectivity index (χ4n) is 9.58. The monoisotopic (exact) mass is 828 g/mol. The Balaban J connectivity index is 1.34. The molecule has 0 bridgehead atoms. The van der Waals surface area contributed by atoms with E-state index in [0.717, 1.165) is 79.4 Å². The summed E-state index contributed by atoms with van der Waals surface area (Å²) in [4.78, 5) is 4.75. The van der Waals surface area contributed by atoms with Crippen LogP contribution in [-0.4, -0.2) is 28.4 Å². The van der Waals surface area contributed by atoms with Crippen LogP contribution in [-0.2, 0) is 5.41 Å². The van der Waals surface area contributed by atoms with Crippen molar-refractivity contribution in [1.29, 1.82) is 0 Å². The average molecular weight is 829 g/mol. The molecule has 0 heterocycles. The zero-order valence-corrected chi connectivity index (χ0v) is 37.2. The van der Waals surface area contributed by atoms with Gasteiger partial charge in [0.05, 0.1) is 33.9 Å². The molecule has 0 N–H and O–H groups in total. The smallest absolute Gasteiger partial charge is 0.119 e. The summed E-state index contributed by atoms with van der Waals surface area (Å²) in [7, 11) is 6.86. The van der Waals surface area contributed by atoms with Gasteiger partial charge >= 0.3 is 0 Å². The molecule has 6 nitrogen and oxygen atoms in total. The summed E-state index contributed by atoms with van der Waals surface area (Å²) < 4.78 is 22.7. The molecular weight excluding hydrogens is 777 g/mol. The molecule has 0 atom stereocenters. The summed E-state index contributed by atoms with van der Waals surface area (Å²) in [5.41, 5.74) is 17.2. The van der Waals surface area contributed by atoms with Crippen LogP contribution in [0.5, 0.6) is 23.0 Å². The third kappa shape index (κ3) is 7.02. The minimum Gasteiger partial charge on any atom is -0.497 e. The number of hydrogen-bond acceptors (Lipinski definition) is 6. The molecule has 0 aromatic heterocycles. The number of anilines is 6. The molecule has 8 aromatic rings. The van der Waals surface area contributed by atoms with E-state index in [1.54, 1.807) is 28.4 Å².